The molecule has 0 bridgehead atoms. The van der Waals surface area contributed by atoms with Gasteiger partial charge in [-0.25, -0.2) is 9.97 Å². The van der Waals surface area contributed by atoms with Crippen molar-refractivity contribution in [1.29, 1.82) is 0 Å². The van der Waals surface area contributed by atoms with E-state index in [1.807, 2.05) is 36.4 Å². The Morgan fingerprint density at radius 1 is 0.321 bits per heavy atom. The van der Waals surface area contributed by atoms with Crippen LogP contribution in [0.25, 0.3) is 106 Å². The van der Waals surface area contributed by atoms with Crippen molar-refractivity contribution in [3.63, 3.8) is 0 Å². The van der Waals surface area contributed by atoms with Crippen LogP contribution in [0.4, 0.5) is 0 Å². The van der Waals surface area contributed by atoms with Crippen LogP contribution in [0, 0.1) is 0 Å². The Morgan fingerprint density at radius 2 is 0.804 bits per heavy atom. The molecule has 3 heterocycles. The maximum Gasteiger partial charge on any atom is 0.160 e. The van der Waals surface area contributed by atoms with Crippen molar-refractivity contribution in [1.82, 2.24) is 14.5 Å². The first kappa shape index (κ1) is 31.9. The number of rotatable bonds is 6. The number of furan rings is 1. The largest absolute Gasteiger partial charge is 0.456 e. The summed E-state index contributed by atoms with van der Waals surface area (Å²) in [4.78, 5) is 10.2. The first-order valence-electron chi connectivity index (χ1n) is 18.9. The highest BCUT2D eigenvalue weighted by molar-refractivity contribution is 6.11. The predicted molar refractivity (Wildman–Crippen MR) is 231 cm³/mol. The number of aromatic nitrogens is 3. The van der Waals surface area contributed by atoms with Crippen LogP contribution >= 0.6 is 0 Å². The minimum absolute atomic E-state index is 0.690. The average molecular weight is 716 g/mol. The van der Waals surface area contributed by atoms with Crippen molar-refractivity contribution in [2.24, 2.45) is 0 Å². The van der Waals surface area contributed by atoms with Crippen LogP contribution in [0.5, 0.6) is 0 Å². The molecule has 0 spiro atoms. The number of hydrogen-bond acceptors (Lipinski definition) is 3. The van der Waals surface area contributed by atoms with E-state index in [0.29, 0.717) is 5.82 Å². The van der Waals surface area contributed by atoms with Gasteiger partial charge in [-0.15, -0.1) is 0 Å². The Bertz CT molecular complexity index is 3180. The average Bonchev–Trinajstić information content (AvgIpc) is 3.82. The van der Waals surface area contributed by atoms with E-state index in [1.165, 1.54) is 27.4 Å². The lowest BCUT2D eigenvalue weighted by atomic mass is 9.98. The van der Waals surface area contributed by atoms with Gasteiger partial charge in [-0.05, 0) is 89.0 Å². The highest BCUT2D eigenvalue weighted by atomic mass is 16.3. The summed E-state index contributed by atoms with van der Waals surface area (Å²) in [5.41, 5.74) is 14.6. The summed E-state index contributed by atoms with van der Waals surface area (Å²) in [5, 5.41) is 4.65. The molecule has 0 amide bonds. The van der Waals surface area contributed by atoms with Crippen molar-refractivity contribution in [2.75, 3.05) is 0 Å². The van der Waals surface area contributed by atoms with E-state index in [9.17, 15) is 0 Å². The van der Waals surface area contributed by atoms with E-state index in [-0.39, 0.29) is 0 Å². The molecular weight excluding hydrogens is 683 g/mol. The Labute approximate surface area is 323 Å². The van der Waals surface area contributed by atoms with Gasteiger partial charge in [-0.2, -0.15) is 0 Å². The molecule has 3 aromatic heterocycles. The van der Waals surface area contributed by atoms with Crippen LogP contribution < -0.4 is 0 Å². The van der Waals surface area contributed by atoms with Crippen LogP contribution in [0.3, 0.4) is 0 Å². The topological polar surface area (TPSA) is 43.9 Å². The molecule has 0 unspecified atom stereocenters. The molecule has 0 atom stereocenters. The van der Waals surface area contributed by atoms with Crippen molar-refractivity contribution in [2.45, 2.75) is 0 Å². The molecule has 262 valence electrons. The maximum absolute atomic E-state index is 6.39. The number of benzene rings is 8. The van der Waals surface area contributed by atoms with Crippen LogP contribution in [0.15, 0.2) is 205 Å². The normalized spacial score (nSPS) is 11.6. The third kappa shape index (κ3) is 5.47. The van der Waals surface area contributed by atoms with Crippen molar-refractivity contribution in [3.8, 4) is 61.8 Å². The molecule has 8 aromatic carbocycles. The van der Waals surface area contributed by atoms with Gasteiger partial charge in [0.25, 0.3) is 0 Å². The molecule has 56 heavy (non-hydrogen) atoms. The van der Waals surface area contributed by atoms with E-state index in [2.05, 4.69) is 168 Å². The Balaban J connectivity index is 0.996. The minimum atomic E-state index is 0.690. The third-order valence-corrected chi connectivity index (χ3v) is 10.8. The molecule has 0 radical (unpaired) electrons. The quantitative estimate of drug-likeness (QED) is 0.172. The van der Waals surface area contributed by atoms with Gasteiger partial charge in [0.1, 0.15) is 11.2 Å². The van der Waals surface area contributed by atoms with Crippen LogP contribution in [-0.2, 0) is 0 Å². The highest BCUT2D eigenvalue weighted by Crippen LogP contribution is 2.39. The molecule has 11 rings (SSSR count). The van der Waals surface area contributed by atoms with Gasteiger partial charge in [-0.1, -0.05) is 133 Å². The molecule has 4 nitrogen and oxygen atoms in total. The van der Waals surface area contributed by atoms with Crippen molar-refractivity contribution >= 4 is 43.7 Å². The lowest BCUT2D eigenvalue weighted by Gasteiger charge is -2.10. The maximum atomic E-state index is 6.39. The molecular formula is C52H33N3O. The lowest BCUT2D eigenvalue weighted by Crippen LogP contribution is -1.96. The van der Waals surface area contributed by atoms with Crippen molar-refractivity contribution < 1.29 is 4.42 Å². The molecule has 0 N–H and O–H groups in total. The second kappa shape index (κ2) is 13.1. The van der Waals surface area contributed by atoms with E-state index in [4.69, 9.17) is 14.4 Å². The van der Waals surface area contributed by atoms with E-state index >= 15 is 0 Å². The fourth-order valence-electron chi connectivity index (χ4n) is 8.07. The summed E-state index contributed by atoms with van der Waals surface area (Å²) < 4.78 is 8.75. The van der Waals surface area contributed by atoms with Gasteiger partial charge in [0.15, 0.2) is 5.82 Å². The molecule has 0 aliphatic carbocycles. The summed E-state index contributed by atoms with van der Waals surface area (Å²) in [6.07, 6.45) is 0. The first-order chi connectivity index (χ1) is 27.7. The number of hydrogen-bond donors (Lipinski definition) is 0. The Hall–Kier alpha value is -7.56. The predicted octanol–water partition coefficient (Wildman–Crippen LogP) is 13.8. The second-order valence-corrected chi connectivity index (χ2v) is 14.2. The number of para-hydroxylation sites is 2. The van der Waals surface area contributed by atoms with Crippen molar-refractivity contribution in [3.05, 3.63) is 200 Å². The van der Waals surface area contributed by atoms with Gasteiger partial charge < -0.3 is 8.98 Å². The molecule has 4 heteroatoms. The number of fused-ring (bicyclic) bond motifs is 6. The summed E-state index contributed by atoms with van der Waals surface area (Å²) in [5.74, 6) is 0.690. The first-order valence-corrected chi connectivity index (χ1v) is 18.9. The van der Waals surface area contributed by atoms with Gasteiger partial charge in [-0.3, -0.25) is 0 Å². The summed E-state index contributed by atoms with van der Waals surface area (Å²) in [6.45, 7) is 0. The van der Waals surface area contributed by atoms with Crippen LogP contribution in [0.2, 0.25) is 0 Å². The molecule has 0 fully saturated rings. The molecule has 0 saturated carbocycles. The van der Waals surface area contributed by atoms with E-state index in [1.54, 1.807) is 0 Å². The third-order valence-electron chi connectivity index (χ3n) is 10.8. The Kier molecular flexibility index (Phi) is 7.46. The molecule has 0 saturated heterocycles. The van der Waals surface area contributed by atoms with Gasteiger partial charge in [0.05, 0.1) is 22.4 Å². The Morgan fingerprint density at radius 3 is 1.45 bits per heavy atom. The fourth-order valence-corrected chi connectivity index (χ4v) is 8.07. The SMILES string of the molecule is c1ccc(-c2cc(-c3ccccc3)nc(-c3cccc(-c4ccc5oc6ccc(-c7ccc8c(c7)c7ccccc7n8-c7ccccc7)cc6c5c4)c3)n2)cc1. The minimum Gasteiger partial charge on any atom is -0.456 e. The zero-order chi connectivity index (χ0) is 37.0. The smallest absolute Gasteiger partial charge is 0.160 e. The van der Waals surface area contributed by atoms with Gasteiger partial charge in [0.2, 0.25) is 0 Å². The monoisotopic (exact) mass is 715 g/mol. The van der Waals surface area contributed by atoms with Gasteiger partial charge in [0, 0.05) is 43.9 Å². The zero-order valence-corrected chi connectivity index (χ0v) is 30.3. The van der Waals surface area contributed by atoms with Crippen LogP contribution in [-0.4, -0.2) is 14.5 Å². The standard InChI is InChI=1S/C52H33N3O/c1-4-13-34(14-5-1)46-33-47(35-15-6-2-7-16-35)54-52(53-46)40-18-12-17-36(29-40)38-24-27-50-44(31-38)45-32-39(25-28-51(45)56-50)37-23-26-49-43(30-37)42-21-10-11-22-48(42)55(49)41-19-8-3-9-20-41/h1-33H. The fraction of sp³-hybridized carbons (Fsp3) is 0. The van der Waals surface area contributed by atoms with Gasteiger partial charge >= 0.3 is 0 Å². The summed E-state index contributed by atoms with van der Waals surface area (Å²) >= 11 is 0. The highest BCUT2D eigenvalue weighted by Gasteiger charge is 2.16. The molecule has 0 aliphatic rings. The van der Waals surface area contributed by atoms with E-state index < -0.39 is 0 Å². The zero-order valence-electron chi connectivity index (χ0n) is 30.3. The molecule has 11 aromatic rings. The number of nitrogens with zero attached hydrogens (tertiary/aromatic N) is 3. The van der Waals surface area contributed by atoms with Crippen LogP contribution in [0.1, 0.15) is 0 Å². The lowest BCUT2D eigenvalue weighted by molar-refractivity contribution is 0.669. The van der Waals surface area contributed by atoms with E-state index in [0.717, 1.165) is 72.4 Å². The summed E-state index contributed by atoms with van der Waals surface area (Å²) in [6, 6.07) is 70.3. The second-order valence-electron chi connectivity index (χ2n) is 14.2. The summed E-state index contributed by atoms with van der Waals surface area (Å²) in [7, 11) is 0. The molecule has 0 aliphatic heterocycles.